The molecule has 1 fully saturated rings. The molecule has 136 valence electrons. The number of anilines is 1. The van der Waals surface area contributed by atoms with Crippen LogP contribution in [0.25, 0.3) is 11.0 Å². The molecule has 1 atom stereocenters. The molecule has 7 nitrogen and oxygen atoms in total. The van der Waals surface area contributed by atoms with Crippen molar-refractivity contribution < 1.29 is 14.3 Å². The predicted octanol–water partition coefficient (Wildman–Crippen LogP) is 0.913. The highest BCUT2D eigenvalue weighted by Crippen LogP contribution is 2.35. The number of benzene rings is 1. The third-order valence-electron chi connectivity index (χ3n) is 4.89. The second-order valence-corrected chi connectivity index (χ2v) is 6.58. The first-order valence-electron chi connectivity index (χ1n) is 8.97. The average molecular weight is 362 g/mol. The summed E-state index contributed by atoms with van der Waals surface area (Å²) in [6.07, 6.45) is 3.77. The third-order valence-corrected chi connectivity index (χ3v) is 4.89. The molecule has 0 saturated carbocycles. The molecule has 1 aliphatic heterocycles. The third kappa shape index (κ3) is 2.97. The zero-order chi connectivity index (χ0) is 19.0. The number of nitrogens with one attached hydrogen (secondary N) is 1. The SMILES string of the molecule is Bc1ccc(C2CCN(c3c[nH]c4c(C(=O)OCC)ncnc34)C2=O)cc1. The number of rotatable bonds is 4. The number of esters is 1. The Bertz CT molecular complexity index is 1020. The zero-order valence-electron chi connectivity index (χ0n) is 15.2. The maximum absolute atomic E-state index is 13.0. The highest BCUT2D eigenvalue weighted by Gasteiger charge is 2.35. The monoisotopic (exact) mass is 362 g/mol. The van der Waals surface area contributed by atoms with Gasteiger partial charge in [0.15, 0.2) is 5.69 Å². The van der Waals surface area contributed by atoms with Crippen LogP contribution in [-0.4, -0.2) is 47.8 Å². The van der Waals surface area contributed by atoms with Gasteiger partial charge in [0.2, 0.25) is 5.91 Å². The van der Waals surface area contributed by atoms with Gasteiger partial charge in [0, 0.05) is 12.7 Å². The van der Waals surface area contributed by atoms with Crippen molar-refractivity contribution >= 4 is 41.9 Å². The van der Waals surface area contributed by atoms with Crippen LogP contribution in [0.2, 0.25) is 0 Å². The molecule has 1 saturated heterocycles. The van der Waals surface area contributed by atoms with E-state index in [4.69, 9.17) is 4.74 Å². The van der Waals surface area contributed by atoms with Crippen LogP contribution in [0, 0.1) is 0 Å². The van der Waals surface area contributed by atoms with E-state index in [1.54, 1.807) is 18.0 Å². The molecule has 0 spiro atoms. The van der Waals surface area contributed by atoms with Crippen LogP contribution in [-0.2, 0) is 9.53 Å². The van der Waals surface area contributed by atoms with Gasteiger partial charge in [-0.3, -0.25) is 4.79 Å². The average Bonchev–Trinajstić information content (AvgIpc) is 3.26. The molecular weight excluding hydrogens is 343 g/mol. The number of ether oxygens (including phenoxy) is 1. The fraction of sp³-hybridized carbons (Fsp3) is 0.263. The normalized spacial score (nSPS) is 16.9. The summed E-state index contributed by atoms with van der Waals surface area (Å²) in [7, 11) is 2.03. The van der Waals surface area contributed by atoms with Gasteiger partial charge >= 0.3 is 5.97 Å². The van der Waals surface area contributed by atoms with E-state index in [9.17, 15) is 9.59 Å². The summed E-state index contributed by atoms with van der Waals surface area (Å²) in [4.78, 5) is 38.2. The van der Waals surface area contributed by atoms with Crippen molar-refractivity contribution in [3.05, 3.63) is 48.0 Å². The number of nitrogens with zero attached hydrogens (tertiary/aromatic N) is 3. The van der Waals surface area contributed by atoms with E-state index in [2.05, 4.69) is 15.0 Å². The Hall–Kier alpha value is -3.16. The first-order valence-corrected chi connectivity index (χ1v) is 8.97. The van der Waals surface area contributed by atoms with E-state index < -0.39 is 5.97 Å². The van der Waals surface area contributed by atoms with Gasteiger partial charge in [0.1, 0.15) is 25.2 Å². The summed E-state index contributed by atoms with van der Waals surface area (Å²) in [5.41, 5.74) is 4.06. The molecule has 27 heavy (non-hydrogen) atoms. The maximum atomic E-state index is 13.0. The second-order valence-electron chi connectivity index (χ2n) is 6.58. The van der Waals surface area contributed by atoms with E-state index in [-0.39, 0.29) is 24.1 Å². The number of hydrogen-bond donors (Lipinski definition) is 1. The van der Waals surface area contributed by atoms with Gasteiger partial charge in [-0.1, -0.05) is 29.7 Å². The Labute approximate surface area is 157 Å². The van der Waals surface area contributed by atoms with Gasteiger partial charge in [-0.2, -0.15) is 0 Å². The molecule has 8 heteroatoms. The Balaban J connectivity index is 1.67. The van der Waals surface area contributed by atoms with E-state index in [0.717, 1.165) is 12.0 Å². The van der Waals surface area contributed by atoms with Gasteiger partial charge in [-0.05, 0) is 18.9 Å². The lowest BCUT2D eigenvalue weighted by Crippen LogP contribution is -2.26. The minimum absolute atomic E-state index is 0.0380. The summed E-state index contributed by atoms with van der Waals surface area (Å²) in [5, 5.41) is 0. The number of H-pyrrole nitrogens is 1. The Morgan fingerprint density at radius 2 is 2.11 bits per heavy atom. The van der Waals surface area contributed by atoms with Gasteiger partial charge < -0.3 is 14.6 Å². The van der Waals surface area contributed by atoms with Gasteiger partial charge in [0.05, 0.1) is 18.2 Å². The highest BCUT2D eigenvalue weighted by atomic mass is 16.5. The number of carbonyl (C=O) groups is 2. The molecule has 0 aliphatic carbocycles. The molecule has 3 heterocycles. The lowest BCUT2D eigenvalue weighted by atomic mass is 9.91. The largest absolute Gasteiger partial charge is 0.461 e. The van der Waals surface area contributed by atoms with Crippen molar-refractivity contribution in [1.82, 2.24) is 15.0 Å². The van der Waals surface area contributed by atoms with Crippen LogP contribution in [0.3, 0.4) is 0 Å². The summed E-state index contributed by atoms with van der Waals surface area (Å²) < 4.78 is 5.05. The van der Waals surface area contributed by atoms with E-state index in [0.29, 0.717) is 23.3 Å². The van der Waals surface area contributed by atoms with Crippen LogP contribution in [0.1, 0.15) is 35.3 Å². The molecule has 1 amide bonds. The Morgan fingerprint density at radius 1 is 1.33 bits per heavy atom. The molecule has 2 aromatic heterocycles. The fourth-order valence-electron chi connectivity index (χ4n) is 3.51. The van der Waals surface area contributed by atoms with Crippen LogP contribution in [0.5, 0.6) is 0 Å². The molecule has 1 unspecified atom stereocenters. The van der Waals surface area contributed by atoms with Crippen molar-refractivity contribution in [1.29, 1.82) is 0 Å². The molecule has 0 bridgehead atoms. The van der Waals surface area contributed by atoms with E-state index in [1.807, 2.05) is 32.1 Å². The standard InChI is InChI=1S/C19H19BN4O3/c1-2-27-19(26)17-16-15(22-10-23-17)14(9-21-16)24-8-7-13(18(24)25)11-3-5-12(20)6-4-11/h3-6,9-10,13,21H,2,7-8,20H2,1H3. The molecule has 0 radical (unpaired) electrons. The van der Waals surface area contributed by atoms with Crippen LogP contribution < -0.4 is 10.4 Å². The maximum Gasteiger partial charge on any atom is 0.359 e. The molecular formula is C19H19BN4O3. The number of hydrogen-bond acceptors (Lipinski definition) is 5. The van der Waals surface area contributed by atoms with E-state index >= 15 is 0 Å². The van der Waals surface area contributed by atoms with Gasteiger partial charge in [-0.15, -0.1) is 0 Å². The number of aromatic amines is 1. The number of amides is 1. The van der Waals surface area contributed by atoms with Crippen LogP contribution in [0.4, 0.5) is 5.69 Å². The number of fused-ring (bicyclic) bond motifs is 1. The summed E-state index contributed by atoms with van der Waals surface area (Å²) in [5.74, 6) is -0.637. The molecule has 3 aromatic rings. The second kappa shape index (κ2) is 6.87. The minimum atomic E-state index is -0.511. The molecule has 1 N–H and O–H groups in total. The first-order chi connectivity index (χ1) is 13.1. The smallest absolute Gasteiger partial charge is 0.359 e. The predicted molar refractivity (Wildman–Crippen MR) is 104 cm³/mol. The van der Waals surface area contributed by atoms with E-state index in [1.165, 1.54) is 11.8 Å². The van der Waals surface area contributed by atoms with Crippen LogP contribution in [0.15, 0.2) is 36.8 Å². The van der Waals surface area contributed by atoms with Crippen LogP contribution >= 0.6 is 0 Å². The van der Waals surface area contributed by atoms with Crippen molar-refractivity contribution in [2.24, 2.45) is 0 Å². The summed E-state index contributed by atoms with van der Waals surface area (Å²) >= 11 is 0. The van der Waals surface area contributed by atoms with Crippen molar-refractivity contribution in [2.75, 3.05) is 18.1 Å². The molecule has 4 rings (SSSR count). The van der Waals surface area contributed by atoms with Crippen molar-refractivity contribution in [2.45, 2.75) is 19.3 Å². The number of carbonyl (C=O) groups excluding carboxylic acids is 2. The van der Waals surface area contributed by atoms with Crippen molar-refractivity contribution in [3.63, 3.8) is 0 Å². The lowest BCUT2D eigenvalue weighted by molar-refractivity contribution is -0.118. The quantitative estimate of drug-likeness (QED) is 0.551. The molecule has 1 aromatic carbocycles. The van der Waals surface area contributed by atoms with Gasteiger partial charge in [0.25, 0.3) is 0 Å². The zero-order valence-corrected chi connectivity index (χ0v) is 15.2. The first kappa shape index (κ1) is 17.3. The number of aromatic nitrogens is 3. The highest BCUT2D eigenvalue weighted by molar-refractivity contribution is 6.32. The fourth-order valence-corrected chi connectivity index (χ4v) is 3.51. The topological polar surface area (TPSA) is 88.2 Å². The van der Waals surface area contributed by atoms with Gasteiger partial charge in [-0.25, -0.2) is 14.8 Å². The molecule has 1 aliphatic rings. The minimum Gasteiger partial charge on any atom is -0.461 e. The Kier molecular flexibility index (Phi) is 4.39. The van der Waals surface area contributed by atoms with Crippen molar-refractivity contribution in [3.8, 4) is 0 Å². The Morgan fingerprint density at radius 3 is 2.85 bits per heavy atom. The summed E-state index contributed by atoms with van der Waals surface area (Å²) in [6.45, 7) is 2.61. The lowest BCUT2D eigenvalue weighted by Gasteiger charge is -2.15. The summed E-state index contributed by atoms with van der Waals surface area (Å²) in [6, 6.07) is 8.07.